The summed E-state index contributed by atoms with van der Waals surface area (Å²) in [7, 11) is 0. The molecule has 0 atom stereocenters. The molecule has 2 aliphatic rings. The van der Waals surface area contributed by atoms with Gasteiger partial charge in [-0.1, -0.05) is 6.07 Å². The van der Waals surface area contributed by atoms with E-state index in [2.05, 4.69) is 47.0 Å². The number of benzene rings is 1. The normalized spacial score (nSPS) is 16.7. The summed E-state index contributed by atoms with van der Waals surface area (Å²) in [5.74, 6) is 2.21. The van der Waals surface area contributed by atoms with Gasteiger partial charge in [0.2, 0.25) is 6.79 Å². The number of ether oxygens (including phenoxy) is 2. The predicted octanol–water partition coefficient (Wildman–Crippen LogP) is 2.37. The molecule has 1 aromatic carbocycles. The lowest BCUT2D eigenvalue weighted by molar-refractivity contribution is 0.0622. The molecule has 0 aliphatic carbocycles. The molecule has 1 saturated heterocycles. The Morgan fingerprint density at radius 1 is 1.07 bits per heavy atom. The summed E-state index contributed by atoms with van der Waals surface area (Å²) in [4.78, 5) is 25.6. The van der Waals surface area contributed by atoms with E-state index >= 15 is 0 Å². The van der Waals surface area contributed by atoms with Crippen LogP contribution in [0.1, 0.15) is 36.8 Å². The van der Waals surface area contributed by atoms with Crippen LogP contribution in [0.5, 0.6) is 11.5 Å². The SMILES string of the molecule is CC(C)(C)Nc1cnc(C(=O)N2CCN(Cc3ccc4c(c3)OCO4)CC2)cn1. The van der Waals surface area contributed by atoms with Gasteiger partial charge in [-0.3, -0.25) is 9.69 Å². The summed E-state index contributed by atoms with van der Waals surface area (Å²) in [6.07, 6.45) is 3.17. The number of aromatic nitrogens is 2. The molecular formula is C21H27N5O3. The number of hydrogen-bond acceptors (Lipinski definition) is 7. The third-order valence-corrected chi connectivity index (χ3v) is 4.88. The summed E-state index contributed by atoms with van der Waals surface area (Å²) >= 11 is 0. The Balaban J connectivity index is 1.30. The first-order chi connectivity index (χ1) is 13.9. The fraction of sp³-hybridized carbons (Fsp3) is 0.476. The van der Waals surface area contributed by atoms with Crippen LogP contribution in [-0.2, 0) is 6.54 Å². The minimum absolute atomic E-state index is 0.0671. The number of carbonyl (C=O) groups is 1. The van der Waals surface area contributed by atoms with E-state index in [4.69, 9.17) is 9.47 Å². The molecule has 2 aliphatic heterocycles. The average Bonchev–Trinajstić information content (AvgIpc) is 3.15. The average molecular weight is 397 g/mol. The highest BCUT2D eigenvalue weighted by molar-refractivity contribution is 5.92. The van der Waals surface area contributed by atoms with E-state index < -0.39 is 0 Å². The fourth-order valence-electron chi connectivity index (χ4n) is 3.46. The van der Waals surface area contributed by atoms with Gasteiger partial charge in [0.1, 0.15) is 11.5 Å². The molecule has 154 valence electrons. The van der Waals surface area contributed by atoms with Crippen molar-refractivity contribution < 1.29 is 14.3 Å². The second-order valence-corrected chi connectivity index (χ2v) is 8.42. The Labute approximate surface area is 170 Å². The van der Waals surface area contributed by atoms with Gasteiger partial charge in [0.25, 0.3) is 5.91 Å². The minimum atomic E-state index is -0.103. The van der Waals surface area contributed by atoms with E-state index in [1.165, 1.54) is 5.56 Å². The maximum Gasteiger partial charge on any atom is 0.274 e. The van der Waals surface area contributed by atoms with Gasteiger partial charge < -0.3 is 19.7 Å². The van der Waals surface area contributed by atoms with Crippen LogP contribution >= 0.6 is 0 Å². The molecular weight excluding hydrogens is 370 g/mol. The molecule has 1 aromatic heterocycles. The summed E-state index contributed by atoms with van der Waals surface area (Å²) in [5.41, 5.74) is 1.46. The summed E-state index contributed by atoms with van der Waals surface area (Å²) in [6, 6.07) is 6.05. The molecule has 4 rings (SSSR count). The fourth-order valence-corrected chi connectivity index (χ4v) is 3.46. The first kappa shape index (κ1) is 19.4. The molecule has 8 heteroatoms. The van der Waals surface area contributed by atoms with Crippen molar-refractivity contribution >= 4 is 11.7 Å². The van der Waals surface area contributed by atoms with Gasteiger partial charge in [-0.2, -0.15) is 0 Å². The van der Waals surface area contributed by atoms with Gasteiger partial charge in [-0.15, -0.1) is 0 Å². The van der Waals surface area contributed by atoms with Crippen molar-refractivity contribution in [1.29, 1.82) is 0 Å². The lowest BCUT2D eigenvalue weighted by Crippen LogP contribution is -2.48. The van der Waals surface area contributed by atoms with Crippen molar-refractivity contribution in [3.05, 3.63) is 41.9 Å². The number of amides is 1. The van der Waals surface area contributed by atoms with Crippen molar-refractivity contribution in [1.82, 2.24) is 19.8 Å². The lowest BCUT2D eigenvalue weighted by atomic mass is 10.1. The molecule has 0 bridgehead atoms. The maximum atomic E-state index is 12.7. The molecule has 0 unspecified atom stereocenters. The Morgan fingerprint density at radius 2 is 1.83 bits per heavy atom. The summed E-state index contributed by atoms with van der Waals surface area (Å²) in [6.45, 7) is 10.3. The first-order valence-electron chi connectivity index (χ1n) is 9.88. The van der Waals surface area contributed by atoms with Crippen LogP contribution in [0.25, 0.3) is 0 Å². The number of carbonyl (C=O) groups excluding carboxylic acids is 1. The molecule has 2 aromatic rings. The molecule has 1 amide bonds. The monoisotopic (exact) mass is 397 g/mol. The quantitative estimate of drug-likeness (QED) is 0.848. The van der Waals surface area contributed by atoms with Crippen LogP contribution in [0.3, 0.4) is 0 Å². The van der Waals surface area contributed by atoms with Gasteiger partial charge in [-0.25, -0.2) is 9.97 Å². The smallest absolute Gasteiger partial charge is 0.274 e. The van der Waals surface area contributed by atoms with Crippen molar-refractivity contribution in [2.24, 2.45) is 0 Å². The van der Waals surface area contributed by atoms with Crippen LogP contribution in [0.2, 0.25) is 0 Å². The summed E-state index contributed by atoms with van der Waals surface area (Å²) < 4.78 is 10.8. The largest absolute Gasteiger partial charge is 0.454 e. The molecule has 0 radical (unpaired) electrons. The molecule has 1 N–H and O–H groups in total. The van der Waals surface area contributed by atoms with E-state index in [1.807, 2.05) is 17.0 Å². The highest BCUT2D eigenvalue weighted by Gasteiger charge is 2.24. The Kier molecular flexibility index (Phi) is 5.27. The highest BCUT2D eigenvalue weighted by atomic mass is 16.7. The van der Waals surface area contributed by atoms with E-state index in [-0.39, 0.29) is 18.2 Å². The zero-order valence-corrected chi connectivity index (χ0v) is 17.1. The van der Waals surface area contributed by atoms with Crippen LogP contribution in [0.15, 0.2) is 30.6 Å². The number of piperazine rings is 1. The highest BCUT2D eigenvalue weighted by Crippen LogP contribution is 2.32. The van der Waals surface area contributed by atoms with Gasteiger partial charge in [0.15, 0.2) is 11.5 Å². The second-order valence-electron chi connectivity index (χ2n) is 8.42. The van der Waals surface area contributed by atoms with Gasteiger partial charge in [-0.05, 0) is 38.5 Å². The third-order valence-electron chi connectivity index (χ3n) is 4.88. The van der Waals surface area contributed by atoms with E-state index in [0.717, 1.165) is 31.1 Å². The third kappa shape index (κ3) is 4.76. The van der Waals surface area contributed by atoms with Gasteiger partial charge in [0, 0.05) is 38.3 Å². The van der Waals surface area contributed by atoms with Gasteiger partial charge >= 0.3 is 0 Å². The van der Waals surface area contributed by atoms with Crippen LogP contribution in [0.4, 0.5) is 5.82 Å². The molecule has 1 fully saturated rings. The molecule has 0 spiro atoms. The number of rotatable bonds is 4. The van der Waals surface area contributed by atoms with E-state index in [1.54, 1.807) is 12.4 Å². The number of anilines is 1. The van der Waals surface area contributed by atoms with E-state index in [9.17, 15) is 4.79 Å². The van der Waals surface area contributed by atoms with Gasteiger partial charge in [0.05, 0.1) is 12.4 Å². The van der Waals surface area contributed by atoms with Crippen LogP contribution in [0, 0.1) is 0 Å². The number of fused-ring (bicyclic) bond motifs is 1. The number of nitrogens with one attached hydrogen (secondary N) is 1. The second kappa shape index (κ2) is 7.87. The standard InChI is InChI=1S/C21H27N5O3/c1-21(2,3)24-19-12-22-16(11-23-19)20(27)26-8-6-25(7-9-26)13-15-4-5-17-18(10-15)29-14-28-17/h4-5,10-12H,6-9,13-14H2,1-3H3,(H,23,24). The van der Waals surface area contributed by atoms with E-state index in [0.29, 0.717) is 24.6 Å². The Morgan fingerprint density at radius 3 is 2.52 bits per heavy atom. The molecule has 8 nitrogen and oxygen atoms in total. The van der Waals surface area contributed by atoms with Crippen molar-refractivity contribution in [2.45, 2.75) is 32.9 Å². The zero-order valence-electron chi connectivity index (χ0n) is 17.1. The van der Waals surface area contributed by atoms with Crippen LogP contribution < -0.4 is 14.8 Å². The number of hydrogen-bond donors (Lipinski definition) is 1. The lowest BCUT2D eigenvalue weighted by Gasteiger charge is -2.34. The summed E-state index contributed by atoms with van der Waals surface area (Å²) in [5, 5.41) is 3.25. The molecule has 3 heterocycles. The van der Waals surface area contributed by atoms with Crippen molar-refractivity contribution in [2.75, 3.05) is 38.3 Å². The minimum Gasteiger partial charge on any atom is -0.454 e. The van der Waals surface area contributed by atoms with Crippen LogP contribution in [-0.4, -0.2) is 64.2 Å². The predicted molar refractivity (Wildman–Crippen MR) is 109 cm³/mol. The Bertz CT molecular complexity index is 871. The topological polar surface area (TPSA) is 79.8 Å². The first-order valence-corrected chi connectivity index (χ1v) is 9.88. The number of nitrogens with zero attached hydrogens (tertiary/aromatic N) is 4. The Hall–Kier alpha value is -2.87. The molecule has 0 saturated carbocycles. The maximum absolute atomic E-state index is 12.7. The zero-order chi connectivity index (χ0) is 20.4. The van der Waals surface area contributed by atoms with Crippen molar-refractivity contribution in [3.63, 3.8) is 0 Å². The molecule has 29 heavy (non-hydrogen) atoms. The van der Waals surface area contributed by atoms with Crippen molar-refractivity contribution in [3.8, 4) is 11.5 Å².